The molecule has 21 heavy (non-hydrogen) atoms. The van der Waals surface area contributed by atoms with Crippen molar-refractivity contribution >= 4 is 5.91 Å². The first-order valence-corrected chi connectivity index (χ1v) is 7.32. The number of nitrogens with one attached hydrogen (secondary N) is 1. The van der Waals surface area contributed by atoms with E-state index in [4.69, 9.17) is 5.73 Å². The van der Waals surface area contributed by atoms with Crippen LogP contribution in [-0.4, -0.2) is 30.7 Å². The molecule has 0 aliphatic carbocycles. The molecule has 1 rings (SSSR count). The predicted octanol–water partition coefficient (Wildman–Crippen LogP) is 1.21. The molecule has 0 aliphatic heterocycles. The standard InChI is InChI=1S/C17H24N2O2/c1-19-17(21)11-10-15-8-6-14(7-9-15)4-2-3-5-16(20)12-13-18/h6-9,16,20H,3,5,10-13,18H2,1H3,(H,19,21). The summed E-state index contributed by atoms with van der Waals surface area (Å²) < 4.78 is 0. The Morgan fingerprint density at radius 3 is 2.67 bits per heavy atom. The molecule has 0 saturated carbocycles. The van der Waals surface area contributed by atoms with Crippen molar-refractivity contribution in [1.29, 1.82) is 0 Å². The van der Waals surface area contributed by atoms with Gasteiger partial charge in [-0.15, -0.1) is 0 Å². The lowest BCUT2D eigenvalue weighted by Gasteiger charge is -2.04. The van der Waals surface area contributed by atoms with E-state index < -0.39 is 0 Å². The Hall–Kier alpha value is -1.83. The number of hydrogen-bond donors (Lipinski definition) is 3. The molecule has 1 aromatic carbocycles. The van der Waals surface area contributed by atoms with Crippen LogP contribution in [0, 0.1) is 11.8 Å². The maximum absolute atomic E-state index is 11.2. The fraction of sp³-hybridized carbons (Fsp3) is 0.471. The number of aliphatic hydroxyl groups excluding tert-OH is 1. The molecule has 0 aromatic heterocycles. The minimum absolute atomic E-state index is 0.0508. The first-order chi connectivity index (χ1) is 10.2. The van der Waals surface area contributed by atoms with Crippen molar-refractivity contribution < 1.29 is 9.90 Å². The molecule has 4 nitrogen and oxygen atoms in total. The monoisotopic (exact) mass is 288 g/mol. The molecular formula is C17H24N2O2. The third kappa shape index (κ3) is 7.50. The summed E-state index contributed by atoms with van der Waals surface area (Å²) in [6.07, 6.45) is 2.84. The number of hydrogen-bond acceptors (Lipinski definition) is 3. The molecule has 0 fully saturated rings. The molecular weight excluding hydrogens is 264 g/mol. The quantitative estimate of drug-likeness (QED) is 0.660. The molecule has 1 amide bonds. The lowest BCUT2D eigenvalue weighted by atomic mass is 10.1. The van der Waals surface area contributed by atoms with Crippen molar-refractivity contribution in [3.63, 3.8) is 0 Å². The molecule has 0 bridgehead atoms. The first-order valence-electron chi connectivity index (χ1n) is 7.32. The fourth-order valence-electron chi connectivity index (χ4n) is 1.88. The highest BCUT2D eigenvalue weighted by atomic mass is 16.3. The van der Waals surface area contributed by atoms with Gasteiger partial charge in [0.05, 0.1) is 6.10 Å². The molecule has 114 valence electrons. The number of aryl methyl sites for hydroxylation is 1. The topological polar surface area (TPSA) is 75.3 Å². The lowest BCUT2D eigenvalue weighted by Crippen LogP contribution is -2.17. The van der Waals surface area contributed by atoms with Gasteiger partial charge >= 0.3 is 0 Å². The second-order valence-corrected chi connectivity index (χ2v) is 4.94. The smallest absolute Gasteiger partial charge is 0.220 e. The molecule has 4 N–H and O–H groups in total. The Morgan fingerprint density at radius 2 is 2.05 bits per heavy atom. The molecule has 0 spiro atoms. The van der Waals surface area contributed by atoms with Crippen LogP contribution in [0.15, 0.2) is 24.3 Å². The van der Waals surface area contributed by atoms with E-state index in [-0.39, 0.29) is 12.0 Å². The van der Waals surface area contributed by atoms with Gasteiger partial charge < -0.3 is 16.2 Å². The largest absolute Gasteiger partial charge is 0.393 e. The number of benzene rings is 1. The van der Waals surface area contributed by atoms with Crippen LogP contribution in [0.5, 0.6) is 0 Å². The maximum atomic E-state index is 11.2. The van der Waals surface area contributed by atoms with Crippen molar-refractivity contribution in [1.82, 2.24) is 5.32 Å². The maximum Gasteiger partial charge on any atom is 0.220 e. The zero-order valence-electron chi connectivity index (χ0n) is 12.6. The van der Waals surface area contributed by atoms with Gasteiger partial charge in [0.15, 0.2) is 0 Å². The molecule has 1 aromatic rings. The van der Waals surface area contributed by atoms with Crippen molar-refractivity contribution in [3.05, 3.63) is 35.4 Å². The van der Waals surface area contributed by atoms with E-state index in [1.165, 1.54) is 0 Å². The van der Waals surface area contributed by atoms with Gasteiger partial charge in [-0.25, -0.2) is 0 Å². The minimum atomic E-state index is -0.351. The Balaban J connectivity index is 2.39. The summed E-state index contributed by atoms with van der Waals surface area (Å²) in [6, 6.07) is 7.91. The van der Waals surface area contributed by atoms with Crippen LogP contribution in [0.1, 0.15) is 36.8 Å². The number of nitrogens with two attached hydrogens (primary N) is 1. The average molecular weight is 288 g/mol. The zero-order valence-corrected chi connectivity index (χ0v) is 12.6. The van der Waals surface area contributed by atoms with E-state index >= 15 is 0 Å². The van der Waals surface area contributed by atoms with Crippen molar-refractivity contribution in [2.45, 2.75) is 38.2 Å². The summed E-state index contributed by atoms with van der Waals surface area (Å²) in [5.74, 6) is 6.18. The highest BCUT2D eigenvalue weighted by Crippen LogP contribution is 2.06. The third-order valence-corrected chi connectivity index (χ3v) is 3.21. The minimum Gasteiger partial charge on any atom is -0.393 e. The van der Waals surface area contributed by atoms with Crippen LogP contribution < -0.4 is 11.1 Å². The summed E-state index contributed by atoms with van der Waals surface area (Å²) in [5.41, 5.74) is 7.45. The summed E-state index contributed by atoms with van der Waals surface area (Å²) >= 11 is 0. The molecule has 1 unspecified atom stereocenters. The van der Waals surface area contributed by atoms with Crippen LogP contribution in [0.4, 0.5) is 0 Å². The number of rotatable bonds is 7. The summed E-state index contributed by atoms with van der Waals surface area (Å²) in [5, 5.41) is 12.1. The van der Waals surface area contributed by atoms with E-state index in [0.29, 0.717) is 32.2 Å². The van der Waals surface area contributed by atoms with Gasteiger partial charge in [0, 0.05) is 25.5 Å². The van der Waals surface area contributed by atoms with Crippen LogP contribution in [0.25, 0.3) is 0 Å². The normalized spacial score (nSPS) is 11.4. The number of amides is 1. The van der Waals surface area contributed by atoms with E-state index in [2.05, 4.69) is 17.2 Å². The van der Waals surface area contributed by atoms with Crippen LogP contribution in [0.3, 0.4) is 0 Å². The van der Waals surface area contributed by atoms with Gasteiger partial charge in [0.2, 0.25) is 5.91 Å². The molecule has 0 radical (unpaired) electrons. The molecule has 0 aliphatic rings. The van der Waals surface area contributed by atoms with Crippen molar-refractivity contribution in [3.8, 4) is 11.8 Å². The second-order valence-electron chi connectivity index (χ2n) is 4.94. The molecule has 1 atom stereocenters. The predicted molar refractivity (Wildman–Crippen MR) is 84.6 cm³/mol. The zero-order chi connectivity index (χ0) is 15.5. The van der Waals surface area contributed by atoms with E-state index in [9.17, 15) is 9.90 Å². The van der Waals surface area contributed by atoms with Gasteiger partial charge in [-0.3, -0.25) is 4.79 Å². The van der Waals surface area contributed by atoms with Gasteiger partial charge in [0.1, 0.15) is 0 Å². The van der Waals surface area contributed by atoms with Crippen molar-refractivity contribution in [2.24, 2.45) is 5.73 Å². The highest BCUT2D eigenvalue weighted by molar-refractivity contribution is 5.75. The van der Waals surface area contributed by atoms with E-state index in [1.807, 2.05) is 24.3 Å². The van der Waals surface area contributed by atoms with Gasteiger partial charge in [-0.1, -0.05) is 24.0 Å². The Morgan fingerprint density at radius 1 is 1.33 bits per heavy atom. The third-order valence-electron chi connectivity index (χ3n) is 3.21. The first kappa shape index (κ1) is 17.2. The van der Waals surface area contributed by atoms with Crippen LogP contribution in [-0.2, 0) is 11.2 Å². The Bertz CT molecular complexity index is 486. The lowest BCUT2D eigenvalue weighted by molar-refractivity contribution is -0.120. The average Bonchev–Trinajstić information content (AvgIpc) is 2.50. The second kappa shape index (κ2) is 9.98. The summed E-state index contributed by atoms with van der Waals surface area (Å²) in [6.45, 7) is 0.506. The van der Waals surface area contributed by atoms with Gasteiger partial charge in [0.25, 0.3) is 0 Å². The Kier molecular flexibility index (Phi) is 8.18. The Labute approximate surface area is 126 Å². The van der Waals surface area contributed by atoms with Gasteiger partial charge in [-0.2, -0.15) is 0 Å². The fourth-order valence-corrected chi connectivity index (χ4v) is 1.88. The summed E-state index contributed by atoms with van der Waals surface area (Å²) in [7, 11) is 1.64. The van der Waals surface area contributed by atoms with Gasteiger partial charge in [-0.05, 0) is 43.5 Å². The highest BCUT2D eigenvalue weighted by Gasteiger charge is 2.00. The number of aliphatic hydroxyl groups is 1. The summed E-state index contributed by atoms with van der Waals surface area (Å²) in [4.78, 5) is 11.2. The number of carbonyl (C=O) groups excluding carboxylic acids is 1. The molecule has 4 heteroatoms. The molecule has 0 heterocycles. The van der Waals surface area contributed by atoms with Crippen molar-refractivity contribution in [2.75, 3.05) is 13.6 Å². The molecule has 0 saturated heterocycles. The van der Waals surface area contributed by atoms with Crippen LogP contribution >= 0.6 is 0 Å². The number of carbonyl (C=O) groups is 1. The SMILES string of the molecule is CNC(=O)CCc1ccc(C#CCCC(O)CCN)cc1. The van der Waals surface area contributed by atoms with E-state index in [0.717, 1.165) is 17.5 Å². The van der Waals surface area contributed by atoms with Crippen LogP contribution in [0.2, 0.25) is 0 Å². The van der Waals surface area contributed by atoms with E-state index in [1.54, 1.807) is 7.05 Å².